The van der Waals surface area contributed by atoms with E-state index in [1.807, 2.05) is 50.2 Å². The molecule has 3 nitrogen and oxygen atoms in total. The molecule has 1 aliphatic rings. The van der Waals surface area contributed by atoms with E-state index in [4.69, 9.17) is 14.2 Å². The first-order valence-electron chi connectivity index (χ1n) is 9.35. The molecule has 2 atom stereocenters. The van der Waals surface area contributed by atoms with Gasteiger partial charge in [0, 0.05) is 31.1 Å². The van der Waals surface area contributed by atoms with E-state index in [2.05, 4.69) is 11.8 Å². The van der Waals surface area contributed by atoms with Gasteiger partial charge in [0.05, 0.1) is 18.3 Å². The highest BCUT2D eigenvalue weighted by Gasteiger charge is 2.38. The van der Waals surface area contributed by atoms with Crippen LogP contribution in [0.3, 0.4) is 0 Å². The summed E-state index contributed by atoms with van der Waals surface area (Å²) in [6.07, 6.45) is 1.45. The highest BCUT2D eigenvalue weighted by atomic mass is 19.1. The monoisotopic (exact) mass is 368 g/mol. The largest absolute Gasteiger partial charge is 0.481 e. The third kappa shape index (κ3) is 5.09. The summed E-state index contributed by atoms with van der Waals surface area (Å²) in [4.78, 5) is 0. The molecular weight excluding hydrogens is 343 g/mol. The molecular formula is C23H25FO3. The molecule has 2 aromatic carbocycles. The first-order valence-corrected chi connectivity index (χ1v) is 9.35. The standard InChI is InChI=1S/C23H25FO3/c1-3-27-23(11-13-25-18(2)17-23)20-14-21(24)16-22(15-20)26-12-7-10-19-8-5-4-6-9-19/h4-6,8-9,14-16,18H,3,11-13,17H2,1-2H3. The molecule has 1 heterocycles. The lowest BCUT2D eigenvalue weighted by Crippen LogP contribution is -2.40. The lowest BCUT2D eigenvalue weighted by atomic mass is 9.83. The summed E-state index contributed by atoms with van der Waals surface area (Å²) in [5, 5.41) is 0. The van der Waals surface area contributed by atoms with Gasteiger partial charge in [-0.3, -0.25) is 0 Å². The van der Waals surface area contributed by atoms with Crippen molar-refractivity contribution < 1.29 is 18.6 Å². The second-order valence-corrected chi connectivity index (χ2v) is 6.69. The Kier molecular flexibility index (Phi) is 6.49. The molecule has 1 aliphatic heterocycles. The lowest BCUT2D eigenvalue weighted by molar-refractivity contribution is -0.137. The van der Waals surface area contributed by atoms with Crippen molar-refractivity contribution in [3.63, 3.8) is 0 Å². The van der Waals surface area contributed by atoms with E-state index in [1.54, 1.807) is 0 Å². The quantitative estimate of drug-likeness (QED) is 0.717. The Morgan fingerprint density at radius 2 is 2.04 bits per heavy atom. The summed E-state index contributed by atoms with van der Waals surface area (Å²) in [7, 11) is 0. The zero-order valence-electron chi connectivity index (χ0n) is 15.8. The average molecular weight is 368 g/mol. The zero-order valence-corrected chi connectivity index (χ0v) is 15.8. The minimum atomic E-state index is -0.539. The van der Waals surface area contributed by atoms with Crippen LogP contribution in [-0.4, -0.2) is 25.9 Å². The van der Waals surface area contributed by atoms with Crippen molar-refractivity contribution in [3.8, 4) is 17.6 Å². The Bertz CT molecular complexity index is 805. The molecule has 1 saturated heterocycles. The second-order valence-electron chi connectivity index (χ2n) is 6.69. The Morgan fingerprint density at radius 1 is 1.22 bits per heavy atom. The fourth-order valence-electron chi connectivity index (χ4n) is 3.49. The van der Waals surface area contributed by atoms with E-state index in [1.165, 1.54) is 12.1 Å². The van der Waals surface area contributed by atoms with Gasteiger partial charge in [0.25, 0.3) is 0 Å². The summed E-state index contributed by atoms with van der Waals surface area (Å²) in [6.45, 7) is 5.32. The van der Waals surface area contributed by atoms with Crippen molar-refractivity contribution >= 4 is 0 Å². The minimum Gasteiger partial charge on any atom is -0.481 e. The summed E-state index contributed by atoms with van der Waals surface area (Å²) < 4.78 is 31.7. The molecule has 0 N–H and O–H groups in total. The number of hydrogen-bond donors (Lipinski definition) is 0. The van der Waals surface area contributed by atoms with Crippen molar-refractivity contribution in [2.45, 2.75) is 38.4 Å². The van der Waals surface area contributed by atoms with Crippen LogP contribution in [0.4, 0.5) is 4.39 Å². The summed E-state index contributed by atoms with van der Waals surface area (Å²) in [5.41, 5.74) is 1.18. The molecule has 142 valence electrons. The third-order valence-corrected chi connectivity index (χ3v) is 4.66. The molecule has 0 spiro atoms. The molecule has 1 fully saturated rings. The van der Waals surface area contributed by atoms with E-state index < -0.39 is 5.60 Å². The van der Waals surface area contributed by atoms with Crippen LogP contribution in [0.15, 0.2) is 48.5 Å². The van der Waals surface area contributed by atoms with E-state index in [9.17, 15) is 4.39 Å². The van der Waals surface area contributed by atoms with E-state index in [0.717, 1.165) is 11.1 Å². The topological polar surface area (TPSA) is 27.7 Å². The van der Waals surface area contributed by atoms with Crippen LogP contribution in [0.25, 0.3) is 0 Å². The maximum atomic E-state index is 14.3. The molecule has 4 heteroatoms. The van der Waals surface area contributed by atoms with Crippen LogP contribution in [0, 0.1) is 17.7 Å². The zero-order chi connectivity index (χ0) is 19.1. The summed E-state index contributed by atoms with van der Waals surface area (Å²) >= 11 is 0. The molecule has 0 aromatic heterocycles. The molecule has 0 amide bonds. The van der Waals surface area contributed by atoms with Gasteiger partial charge in [0.15, 0.2) is 0 Å². The summed E-state index contributed by atoms with van der Waals surface area (Å²) in [5.74, 6) is 6.12. The van der Waals surface area contributed by atoms with Gasteiger partial charge in [0.1, 0.15) is 18.2 Å². The number of hydrogen-bond acceptors (Lipinski definition) is 3. The fraction of sp³-hybridized carbons (Fsp3) is 0.391. The van der Waals surface area contributed by atoms with Gasteiger partial charge in [-0.1, -0.05) is 30.0 Å². The van der Waals surface area contributed by atoms with Crippen molar-refractivity contribution in [1.82, 2.24) is 0 Å². The van der Waals surface area contributed by atoms with Crippen LogP contribution in [0.5, 0.6) is 5.75 Å². The van der Waals surface area contributed by atoms with Crippen molar-refractivity contribution in [2.75, 3.05) is 19.8 Å². The van der Waals surface area contributed by atoms with Gasteiger partial charge in [-0.05, 0) is 43.7 Å². The Morgan fingerprint density at radius 3 is 2.78 bits per heavy atom. The van der Waals surface area contributed by atoms with Gasteiger partial charge in [-0.2, -0.15) is 0 Å². The molecule has 2 aromatic rings. The third-order valence-electron chi connectivity index (χ3n) is 4.66. The SMILES string of the molecule is CCOC1(c2cc(F)cc(OCC#Cc3ccccc3)c2)CCOC(C)C1. The van der Waals surface area contributed by atoms with Gasteiger partial charge in [0.2, 0.25) is 0 Å². The van der Waals surface area contributed by atoms with Crippen molar-refractivity contribution in [1.29, 1.82) is 0 Å². The average Bonchev–Trinajstić information content (AvgIpc) is 2.66. The maximum Gasteiger partial charge on any atom is 0.149 e. The smallest absolute Gasteiger partial charge is 0.149 e. The Balaban J connectivity index is 1.76. The first-order chi connectivity index (χ1) is 13.1. The predicted molar refractivity (Wildman–Crippen MR) is 103 cm³/mol. The molecule has 2 unspecified atom stereocenters. The van der Waals surface area contributed by atoms with E-state index in [-0.39, 0.29) is 18.5 Å². The van der Waals surface area contributed by atoms with Crippen LogP contribution >= 0.6 is 0 Å². The highest BCUT2D eigenvalue weighted by Crippen LogP contribution is 2.40. The highest BCUT2D eigenvalue weighted by molar-refractivity contribution is 5.36. The van der Waals surface area contributed by atoms with E-state index in [0.29, 0.717) is 31.8 Å². The second kappa shape index (κ2) is 9.03. The van der Waals surface area contributed by atoms with Gasteiger partial charge in [-0.15, -0.1) is 0 Å². The van der Waals surface area contributed by atoms with Gasteiger partial charge < -0.3 is 14.2 Å². The van der Waals surface area contributed by atoms with Crippen molar-refractivity contribution in [2.24, 2.45) is 0 Å². The van der Waals surface area contributed by atoms with Crippen LogP contribution in [0.1, 0.15) is 37.8 Å². The molecule has 27 heavy (non-hydrogen) atoms. The molecule has 0 radical (unpaired) electrons. The Hall–Kier alpha value is -2.35. The lowest BCUT2D eigenvalue weighted by Gasteiger charge is -2.40. The van der Waals surface area contributed by atoms with E-state index >= 15 is 0 Å². The molecule has 0 saturated carbocycles. The minimum absolute atomic E-state index is 0.0645. The normalized spacial score (nSPS) is 22.0. The number of benzene rings is 2. The van der Waals surface area contributed by atoms with Crippen molar-refractivity contribution in [3.05, 3.63) is 65.5 Å². The molecule has 0 bridgehead atoms. The predicted octanol–water partition coefficient (Wildman–Crippen LogP) is 4.69. The van der Waals surface area contributed by atoms with Crippen LogP contribution < -0.4 is 4.74 Å². The van der Waals surface area contributed by atoms with Crippen LogP contribution in [0.2, 0.25) is 0 Å². The molecule has 0 aliphatic carbocycles. The molecule has 3 rings (SSSR count). The van der Waals surface area contributed by atoms with Gasteiger partial charge >= 0.3 is 0 Å². The number of halogens is 1. The number of rotatable bonds is 5. The summed E-state index contributed by atoms with van der Waals surface area (Å²) in [6, 6.07) is 14.5. The Labute approximate surface area is 160 Å². The maximum absolute atomic E-state index is 14.3. The first kappa shape index (κ1) is 19.4. The van der Waals surface area contributed by atoms with Crippen LogP contribution in [-0.2, 0) is 15.1 Å². The number of ether oxygens (including phenoxy) is 3. The fourth-order valence-corrected chi connectivity index (χ4v) is 3.49. The van der Waals surface area contributed by atoms with Gasteiger partial charge in [-0.25, -0.2) is 4.39 Å².